The molecule has 1 spiro atoms. The van der Waals surface area contributed by atoms with Crippen LogP contribution in [0.3, 0.4) is 0 Å². The predicted octanol–water partition coefficient (Wildman–Crippen LogP) is 2.84. The van der Waals surface area contributed by atoms with Crippen molar-refractivity contribution in [2.45, 2.75) is 18.4 Å². The Morgan fingerprint density at radius 1 is 0.789 bits per heavy atom. The molecule has 2 fully saturated rings. The van der Waals surface area contributed by atoms with Crippen LogP contribution in [0.15, 0.2) is 60.7 Å². The highest BCUT2D eigenvalue weighted by Crippen LogP contribution is 2.66. The fourth-order valence-corrected chi connectivity index (χ4v) is 3.48. The van der Waals surface area contributed by atoms with Crippen LogP contribution in [0.1, 0.15) is 24.0 Å². The quantitative estimate of drug-likeness (QED) is 0.815. The lowest BCUT2D eigenvalue weighted by atomic mass is 9.64. The molecule has 0 radical (unpaired) electrons. The monoisotopic (exact) mass is 249 g/mol. The number of hydrogen-bond acceptors (Lipinski definition) is 1. The highest BCUT2D eigenvalue weighted by molar-refractivity contribution is 5.97. The van der Waals surface area contributed by atoms with Gasteiger partial charge in [0.15, 0.2) is 0 Å². The molecule has 0 unspecified atom stereocenters. The van der Waals surface area contributed by atoms with Crippen LogP contribution in [0.5, 0.6) is 0 Å². The lowest BCUT2D eigenvalue weighted by Crippen LogP contribution is -2.69. The Morgan fingerprint density at radius 3 is 1.63 bits per heavy atom. The number of rotatable bonds is 2. The Balaban J connectivity index is 1.94. The van der Waals surface area contributed by atoms with E-state index in [2.05, 4.69) is 29.6 Å². The Hall–Kier alpha value is -2.09. The van der Waals surface area contributed by atoms with Gasteiger partial charge in [0, 0.05) is 0 Å². The van der Waals surface area contributed by atoms with E-state index in [4.69, 9.17) is 0 Å². The van der Waals surface area contributed by atoms with Crippen LogP contribution >= 0.6 is 0 Å². The third-order valence-electron chi connectivity index (χ3n) is 4.62. The number of carbonyl (C=O) groups is 1. The van der Waals surface area contributed by atoms with E-state index in [0.717, 1.165) is 12.8 Å². The van der Waals surface area contributed by atoms with Gasteiger partial charge in [0.2, 0.25) is 5.91 Å². The zero-order chi connectivity index (χ0) is 12.9. The van der Waals surface area contributed by atoms with Gasteiger partial charge in [0.1, 0.15) is 5.54 Å². The molecule has 2 aliphatic rings. The fourth-order valence-electron chi connectivity index (χ4n) is 3.48. The van der Waals surface area contributed by atoms with Crippen molar-refractivity contribution >= 4 is 5.91 Å². The molecule has 1 heterocycles. The van der Waals surface area contributed by atoms with Crippen molar-refractivity contribution < 1.29 is 4.79 Å². The summed E-state index contributed by atoms with van der Waals surface area (Å²) in [5, 5.41) is 3.20. The summed E-state index contributed by atoms with van der Waals surface area (Å²) < 4.78 is 0. The summed E-state index contributed by atoms with van der Waals surface area (Å²) in [7, 11) is 0. The van der Waals surface area contributed by atoms with Crippen LogP contribution < -0.4 is 5.32 Å². The third kappa shape index (κ3) is 1.19. The van der Waals surface area contributed by atoms with E-state index in [9.17, 15) is 4.79 Å². The van der Waals surface area contributed by atoms with E-state index in [-0.39, 0.29) is 16.9 Å². The maximum Gasteiger partial charge on any atom is 0.230 e. The van der Waals surface area contributed by atoms with E-state index in [0.29, 0.717) is 0 Å². The summed E-state index contributed by atoms with van der Waals surface area (Å²) >= 11 is 0. The molecular weight excluding hydrogens is 234 g/mol. The Bertz CT molecular complexity index is 589. The summed E-state index contributed by atoms with van der Waals surface area (Å²) in [4.78, 5) is 12.1. The summed E-state index contributed by atoms with van der Waals surface area (Å²) in [6, 6.07) is 20.7. The number of hydrogen-bond donors (Lipinski definition) is 1. The van der Waals surface area contributed by atoms with Gasteiger partial charge in [0.25, 0.3) is 0 Å². The van der Waals surface area contributed by atoms with Crippen molar-refractivity contribution in [1.29, 1.82) is 0 Å². The standard InChI is InChI=1S/C17H15NO/c19-15-16(11-12-16)17(18-15,13-7-3-1-4-8-13)14-9-5-2-6-10-14/h1-10H,11-12H2,(H,18,19). The van der Waals surface area contributed by atoms with Crippen LogP contribution in [0, 0.1) is 5.41 Å². The van der Waals surface area contributed by atoms with E-state index in [1.54, 1.807) is 0 Å². The molecule has 0 bridgehead atoms. The topological polar surface area (TPSA) is 29.1 Å². The Labute approximate surface area is 112 Å². The largest absolute Gasteiger partial charge is 0.341 e. The van der Waals surface area contributed by atoms with Gasteiger partial charge in [-0.05, 0) is 24.0 Å². The van der Waals surface area contributed by atoms with Gasteiger partial charge < -0.3 is 5.32 Å². The smallest absolute Gasteiger partial charge is 0.230 e. The molecule has 2 aromatic carbocycles. The molecule has 2 heteroatoms. The van der Waals surface area contributed by atoms with E-state index in [1.165, 1.54) is 11.1 Å². The molecule has 1 aliphatic carbocycles. The van der Waals surface area contributed by atoms with E-state index in [1.807, 2.05) is 36.4 Å². The average Bonchev–Trinajstić information content (AvgIpc) is 3.29. The van der Waals surface area contributed by atoms with Gasteiger partial charge in [0.05, 0.1) is 5.41 Å². The van der Waals surface area contributed by atoms with Gasteiger partial charge in [-0.25, -0.2) is 0 Å². The summed E-state index contributed by atoms with van der Waals surface area (Å²) in [6.45, 7) is 0. The zero-order valence-electron chi connectivity index (χ0n) is 10.6. The van der Waals surface area contributed by atoms with Crippen molar-refractivity contribution in [3.05, 3.63) is 71.8 Å². The van der Waals surface area contributed by atoms with Crippen molar-refractivity contribution in [3.63, 3.8) is 0 Å². The van der Waals surface area contributed by atoms with E-state index >= 15 is 0 Å². The lowest BCUT2D eigenvalue weighted by molar-refractivity contribution is -0.143. The maximum atomic E-state index is 12.1. The molecule has 2 aromatic rings. The summed E-state index contributed by atoms with van der Waals surface area (Å²) in [6.07, 6.45) is 1.98. The molecule has 94 valence electrons. The number of amides is 1. The minimum Gasteiger partial charge on any atom is -0.341 e. The van der Waals surface area contributed by atoms with Gasteiger partial charge >= 0.3 is 0 Å². The molecule has 1 saturated carbocycles. The maximum absolute atomic E-state index is 12.1. The molecular formula is C17H15NO. The molecule has 2 nitrogen and oxygen atoms in total. The number of benzene rings is 2. The van der Waals surface area contributed by atoms with E-state index < -0.39 is 0 Å². The Morgan fingerprint density at radius 2 is 1.26 bits per heavy atom. The normalized spacial score (nSPS) is 21.6. The molecule has 1 N–H and O–H groups in total. The third-order valence-corrected chi connectivity index (χ3v) is 4.62. The first-order chi connectivity index (χ1) is 9.30. The van der Waals surface area contributed by atoms with Crippen LogP contribution in [0.25, 0.3) is 0 Å². The van der Waals surface area contributed by atoms with Gasteiger partial charge in [-0.2, -0.15) is 0 Å². The lowest BCUT2D eigenvalue weighted by Gasteiger charge is -2.51. The summed E-state index contributed by atoms with van der Waals surface area (Å²) in [5.74, 6) is 0.209. The van der Waals surface area contributed by atoms with Crippen LogP contribution in [-0.2, 0) is 10.3 Å². The second-order valence-electron chi connectivity index (χ2n) is 5.52. The number of carbonyl (C=O) groups excluding carboxylic acids is 1. The first-order valence-corrected chi connectivity index (χ1v) is 6.73. The second kappa shape index (κ2) is 3.47. The number of β-lactam (4-membered cyclic amide) rings is 1. The van der Waals surface area contributed by atoms with Crippen LogP contribution in [-0.4, -0.2) is 5.91 Å². The molecule has 0 aromatic heterocycles. The zero-order valence-corrected chi connectivity index (χ0v) is 10.6. The van der Waals surface area contributed by atoms with Crippen molar-refractivity contribution in [3.8, 4) is 0 Å². The second-order valence-corrected chi connectivity index (χ2v) is 5.52. The first-order valence-electron chi connectivity index (χ1n) is 6.73. The fraction of sp³-hybridized carbons (Fsp3) is 0.235. The Kier molecular flexibility index (Phi) is 1.97. The molecule has 1 aliphatic heterocycles. The number of nitrogens with one attached hydrogen (secondary N) is 1. The van der Waals surface area contributed by atoms with Crippen molar-refractivity contribution in [1.82, 2.24) is 5.32 Å². The summed E-state index contributed by atoms with van der Waals surface area (Å²) in [5.41, 5.74) is 1.87. The van der Waals surface area contributed by atoms with Gasteiger partial charge in [-0.15, -0.1) is 0 Å². The molecule has 19 heavy (non-hydrogen) atoms. The van der Waals surface area contributed by atoms with Crippen molar-refractivity contribution in [2.24, 2.45) is 5.41 Å². The molecule has 4 rings (SSSR count). The molecule has 0 atom stereocenters. The highest BCUT2D eigenvalue weighted by Gasteiger charge is 2.73. The highest BCUT2D eigenvalue weighted by atomic mass is 16.2. The average molecular weight is 249 g/mol. The van der Waals surface area contributed by atoms with Crippen molar-refractivity contribution in [2.75, 3.05) is 0 Å². The first kappa shape index (κ1) is 10.8. The minimum atomic E-state index is -0.313. The molecule has 1 saturated heterocycles. The molecule has 1 amide bonds. The van der Waals surface area contributed by atoms with Crippen LogP contribution in [0.2, 0.25) is 0 Å². The minimum absolute atomic E-state index is 0.199. The van der Waals surface area contributed by atoms with Gasteiger partial charge in [-0.3, -0.25) is 4.79 Å². The SMILES string of the molecule is O=C1NC(c2ccccc2)(c2ccccc2)C12CC2. The predicted molar refractivity (Wildman–Crippen MR) is 73.5 cm³/mol. The van der Waals surface area contributed by atoms with Gasteiger partial charge in [-0.1, -0.05) is 60.7 Å². The van der Waals surface area contributed by atoms with Crippen LogP contribution in [0.4, 0.5) is 0 Å².